The molecular formula is C17H17FN2O2. The second kappa shape index (κ2) is 6.85. The summed E-state index contributed by atoms with van der Waals surface area (Å²) in [6, 6.07) is 12.9. The summed E-state index contributed by atoms with van der Waals surface area (Å²) >= 11 is 0. The van der Waals surface area contributed by atoms with E-state index in [1.54, 1.807) is 49.5 Å². The minimum Gasteiger partial charge on any atom is -0.337 e. The van der Waals surface area contributed by atoms with E-state index in [4.69, 9.17) is 0 Å². The van der Waals surface area contributed by atoms with Crippen molar-refractivity contribution in [3.8, 4) is 0 Å². The van der Waals surface area contributed by atoms with E-state index in [0.717, 1.165) is 0 Å². The molecule has 0 heterocycles. The molecule has 2 aromatic carbocycles. The lowest BCUT2D eigenvalue weighted by molar-refractivity contribution is -0.114. The van der Waals surface area contributed by atoms with Crippen molar-refractivity contribution >= 4 is 17.5 Å². The summed E-state index contributed by atoms with van der Waals surface area (Å²) in [7, 11) is 1.62. The van der Waals surface area contributed by atoms with Gasteiger partial charge in [-0.2, -0.15) is 0 Å². The molecule has 0 aliphatic rings. The first kappa shape index (κ1) is 15.7. The number of anilines is 1. The van der Waals surface area contributed by atoms with Gasteiger partial charge in [0.15, 0.2) is 0 Å². The molecule has 0 aromatic heterocycles. The lowest BCUT2D eigenvalue weighted by Gasteiger charge is -2.18. The van der Waals surface area contributed by atoms with Crippen molar-refractivity contribution in [1.29, 1.82) is 0 Å². The van der Waals surface area contributed by atoms with Crippen LogP contribution in [-0.2, 0) is 11.3 Å². The van der Waals surface area contributed by atoms with Crippen LogP contribution in [0.4, 0.5) is 10.1 Å². The van der Waals surface area contributed by atoms with Crippen LogP contribution in [0.25, 0.3) is 0 Å². The Kier molecular flexibility index (Phi) is 4.88. The Morgan fingerprint density at radius 3 is 2.32 bits per heavy atom. The summed E-state index contributed by atoms with van der Waals surface area (Å²) in [5.74, 6) is -0.712. The van der Waals surface area contributed by atoms with Crippen LogP contribution in [0.3, 0.4) is 0 Å². The van der Waals surface area contributed by atoms with Gasteiger partial charge in [-0.3, -0.25) is 9.59 Å². The molecule has 22 heavy (non-hydrogen) atoms. The van der Waals surface area contributed by atoms with Crippen molar-refractivity contribution in [2.45, 2.75) is 13.5 Å². The van der Waals surface area contributed by atoms with E-state index in [1.807, 2.05) is 0 Å². The number of benzene rings is 2. The van der Waals surface area contributed by atoms with Crippen molar-refractivity contribution in [3.05, 3.63) is 65.5 Å². The van der Waals surface area contributed by atoms with Gasteiger partial charge in [-0.05, 0) is 30.3 Å². The van der Waals surface area contributed by atoms with E-state index >= 15 is 0 Å². The zero-order valence-corrected chi connectivity index (χ0v) is 12.5. The van der Waals surface area contributed by atoms with Gasteiger partial charge in [0, 0.05) is 37.3 Å². The fraction of sp³-hybridized carbons (Fsp3) is 0.176. The van der Waals surface area contributed by atoms with E-state index < -0.39 is 0 Å². The lowest BCUT2D eigenvalue weighted by atomic mass is 10.1. The monoisotopic (exact) mass is 300 g/mol. The van der Waals surface area contributed by atoms with Crippen molar-refractivity contribution in [2.24, 2.45) is 0 Å². The Morgan fingerprint density at radius 2 is 1.73 bits per heavy atom. The van der Waals surface area contributed by atoms with Crippen LogP contribution in [-0.4, -0.2) is 23.8 Å². The molecule has 114 valence electrons. The van der Waals surface area contributed by atoms with Gasteiger partial charge in [0.05, 0.1) is 0 Å². The zero-order valence-electron chi connectivity index (χ0n) is 12.5. The molecule has 5 heteroatoms. The molecule has 0 saturated heterocycles. The molecule has 2 aromatic rings. The number of rotatable bonds is 4. The number of nitrogens with one attached hydrogen (secondary N) is 1. The lowest BCUT2D eigenvalue weighted by Crippen LogP contribution is -2.26. The largest absolute Gasteiger partial charge is 0.337 e. The Morgan fingerprint density at radius 1 is 1.09 bits per heavy atom. The van der Waals surface area contributed by atoms with Gasteiger partial charge in [-0.25, -0.2) is 4.39 Å². The Bertz CT molecular complexity index is 683. The summed E-state index contributed by atoms with van der Waals surface area (Å²) < 4.78 is 13.6. The molecule has 2 rings (SSSR count). The highest BCUT2D eigenvalue weighted by molar-refractivity contribution is 5.95. The topological polar surface area (TPSA) is 49.4 Å². The number of nitrogens with zero attached hydrogens (tertiary/aromatic N) is 1. The number of amides is 2. The van der Waals surface area contributed by atoms with Crippen LogP contribution >= 0.6 is 0 Å². The first-order chi connectivity index (χ1) is 10.5. The number of halogens is 1. The number of carbonyl (C=O) groups is 2. The number of hydrogen-bond donors (Lipinski definition) is 1. The molecule has 2 amide bonds. The number of hydrogen-bond acceptors (Lipinski definition) is 2. The average molecular weight is 300 g/mol. The Balaban J connectivity index is 2.07. The maximum Gasteiger partial charge on any atom is 0.253 e. The SMILES string of the molecule is CC(=O)Nc1ccc(C(=O)N(C)Cc2ccccc2F)cc1. The third-order valence-electron chi connectivity index (χ3n) is 3.16. The van der Waals surface area contributed by atoms with E-state index in [-0.39, 0.29) is 24.2 Å². The van der Waals surface area contributed by atoms with E-state index in [2.05, 4.69) is 5.32 Å². The minimum absolute atomic E-state index is 0.171. The minimum atomic E-state index is -0.330. The van der Waals surface area contributed by atoms with Gasteiger partial charge in [0.2, 0.25) is 5.91 Å². The molecule has 0 aliphatic carbocycles. The van der Waals surface area contributed by atoms with Gasteiger partial charge in [0.1, 0.15) is 5.82 Å². The van der Waals surface area contributed by atoms with E-state index in [9.17, 15) is 14.0 Å². The first-order valence-corrected chi connectivity index (χ1v) is 6.84. The second-order valence-electron chi connectivity index (χ2n) is 5.01. The van der Waals surface area contributed by atoms with Crippen LogP contribution in [0.15, 0.2) is 48.5 Å². The van der Waals surface area contributed by atoms with Crippen molar-refractivity contribution in [3.63, 3.8) is 0 Å². The Labute approximate surface area is 128 Å². The van der Waals surface area contributed by atoms with Crippen LogP contribution in [0.2, 0.25) is 0 Å². The van der Waals surface area contributed by atoms with Crippen LogP contribution in [0, 0.1) is 5.82 Å². The molecule has 0 atom stereocenters. The average Bonchev–Trinajstić information content (AvgIpc) is 2.49. The fourth-order valence-corrected chi connectivity index (χ4v) is 2.07. The quantitative estimate of drug-likeness (QED) is 0.943. The standard InChI is InChI=1S/C17H17FN2O2/c1-12(21)19-15-9-7-13(8-10-15)17(22)20(2)11-14-5-3-4-6-16(14)18/h3-10H,11H2,1-2H3,(H,19,21). The predicted molar refractivity (Wildman–Crippen MR) is 82.9 cm³/mol. The molecule has 0 unspecified atom stereocenters. The summed E-state index contributed by atoms with van der Waals surface area (Å²) in [6.07, 6.45) is 0. The van der Waals surface area contributed by atoms with Gasteiger partial charge in [-0.1, -0.05) is 18.2 Å². The molecule has 1 N–H and O–H groups in total. The molecule has 0 aliphatic heterocycles. The third-order valence-corrected chi connectivity index (χ3v) is 3.16. The van der Waals surface area contributed by atoms with Crippen molar-refractivity contribution in [2.75, 3.05) is 12.4 Å². The van der Waals surface area contributed by atoms with E-state index in [0.29, 0.717) is 16.8 Å². The third kappa shape index (κ3) is 3.91. The summed E-state index contributed by atoms with van der Waals surface area (Å²) in [4.78, 5) is 24.7. The van der Waals surface area contributed by atoms with Crippen LogP contribution in [0.5, 0.6) is 0 Å². The van der Waals surface area contributed by atoms with Gasteiger partial charge < -0.3 is 10.2 Å². The molecular weight excluding hydrogens is 283 g/mol. The molecule has 0 spiro atoms. The molecule has 0 bridgehead atoms. The second-order valence-corrected chi connectivity index (χ2v) is 5.01. The predicted octanol–water partition coefficient (Wildman–Crippen LogP) is 3.06. The van der Waals surface area contributed by atoms with Gasteiger partial charge in [0.25, 0.3) is 5.91 Å². The normalized spacial score (nSPS) is 10.1. The summed E-state index contributed by atoms with van der Waals surface area (Å²) in [5, 5.41) is 2.63. The molecule has 4 nitrogen and oxygen atoms in total. The summed E-state index contributed by atoms with van der Waals surface area (Å²) in [5.41, 5.74) is 1.57. The fourth-order valence-electron chi connectivity index (χ4n) is 2.07. The van der Waals surface area contributed by atoms with Crippen molar-refractivity contribution in [1.82, 2.24) is 4.90 Å². The van der Waals surface area contributed by atoms with E-state index in [1.165, 1.54) is 17.9 Å². The van der Waals surface area contributed by atoms with Crippen LogP contribution in [0.1, 0.15) is 22.8 Å². The highest BCUT2D eigenvalue weighted by Crippen LogP contribution is 2.14. The zero-order chi connectivity index (χ0) is 16.1. The Hall–Kier alpha value is -2.69. The maximum atomic E-state index is 13.6. The molecule has 0 saturated carbocycles. The maximum absolute atomic E-state index is 13.6. The first-order valence-electron chi connectivity index (χ1n) is 6.84. The van der Waals surface area contributed by atoms with Gasteiger partial charge in [-0.15, -0.1) is 0 Å². The highest BCUT2D eigenvalue weighted by atomic mass is 19.1. The van der Waals surface area contributed by atoms with Crippen molar-refractivity contribution < 1.29 is 14.0 Å². The number of carbonyl (C=O) groups excluding carboxylic acids is 2. The smallest absolute Gasteiger partial charge is 0.253 e. The molecule has 0 fully saturated rings. The van der Waals surface area contributed by atoms with Crippen LogP contribution < -0.4 is 5.32 Å². The summed E-state index contributed by atoms with van der Waals surface area (Å²) in [6.45, 7) is 1.61. The van der Waals surface area contributed by atoms with Gasteiger partial charge >= 0.3 is 0 Å². The molecule has 0 radical (unpaired) electrons. The highest BCUT2D eigenvalue weighted by Gasteiger charge is 2.13.